The molecule has 1 atom stereocenters. The molecule has 0 heterocycles. The molecule has 0 radical (unpaired) electrons. The van der Waals surface area contributed by atoms with Crippen LogP contribution in [0.1, 0.15) is 26.7 Å². The molecule has 0 fully saturated rings. The number of amides is 2. The van der Waals surface area contributed by atoms with Crippen molar-refractivity contribution in [2.45, 2.75) is 16.3 Å². The minimum Gasteiger partial charge on any atom is -0.322 e. The molecule has 218 valence electrons. The van der Waals surface area contributed by atoms with Crippen LogP contribution in [0.5, 0.6) is 0 Å². The van der Waals surface area contributed by atoms with Crippen molar-refractivity contribution < 1.29 is 40.3 Å². The number of rotatable bonds is 7. The Morgan fingerprint density at radius 1 is 0.762 bits per heavy atom. The van der Waals surface area contributed by atoms with E-state index < -0.39 is 57.8 Å². The van der Waals surface area contributed by atoms with E-state index in [9.17, 15) is 40.3 Å². The normalized spacial score (nSPS) is 12.1. The van der Waals surface area contributed by atoms with Gasteiger partial charge in [0.05, 0.1) is 10.6 Å². The van der Waals surface area contributed by atoms with Crippen LogP contribution in [-0.2, 0) is 11.0 Å². The van der Waals surface area contributed by atoms with Gasteiger partial charge in [0.1, 0.15) is 16.5 Å². The van der Waals surface area contributed by atoms with Crippen molar-refractivity contribution in [1.29, 1.82) is 0 Å². The van der Waals surface area contributed by atoms with Crippen LogP contribution in [0.15, 0.2) is 77.7 Å². The molecular weight excluding hydrogens is 632 g/mol. The smallest absolute Gasteiger partial charge is 0.322 e. The zero-order chi connectivity index (χ0) is 30.8. The predicted octanol–water partition coefficient (Wildman–Crippen LogP) is 9.29. The number of anilines is 2. The quantitative estimate of drug-likeness (QED) is 0.120. The van der Waals surface area contributed by atoms with Gasteiger partial charge in [-0.25, -0.2) is 17.6 Å². The van der Waals surface area contributed by atoms with Crippen LogP contribution in [0.25, 0.3) is 0 Å². The first kappa shape index (κ1) is 31.2. The van der Waals surface area contributed by atoms with E-state index >= 15 is 0 Å². The zero-order valence-corrected chi connectivity index (χ0v) is 23.0. The molecule has 4 aromatic rings. The summed E-state index contributed by atoms with van der Waals surface area (Å²) in [5.41, 5.74) is -3.66. The zero-order valence-electron chi connectivity index (χ0n) is 20.6. The maximum Gasteiger partial charge on any atom is 0.422 e. The summed E-state index contributed by atoms with van der Waals surface area (Å²) in [6.45, 7) is 0. The molecule has 0 bridgehead atoms. The highest BCUT2D eigenvalue weighted by Crippen LogP contribution is 2.40. The van der Waals surface area contributed by atoms with E-state index in [2.05, 4.69) is 5.32 Å². The molecule has 0 aromatic heterocycles. The highest BCUT2D eigenvalue weighted by molar-refractivity contribution is 8.00. The van der Waals surface area contributed by atoms with Crippen LogP contribution in [0.2, 0.25) is 10.0 Å². The third-order valence-corrected chi connectivity index (χ3v) is 7.49. The minimum absolute atomic E-state index is 0.129. The number of nitrogens with one attached hydrogen (secondary N) is 2. The van der Waals surface area contributed by atoms with E-state index in [1.54, 1.807) is 23.5 Å². The number of carbonyl (C=O) groups is 2. The lowest BCUT2D eigenvalue weighted by molar-refractivity contribution is -0.143. The number of halogens is 9. The van der Waals surface area contributed by atoms with Gasteiger partial charge < -0.3 is 10.6 Å². The lowest BCUT2D eigenvalue weighted by atomic mass is 10.1. The van der Waals surface area contributed by atoms with E-state index in [4.69, 9.17) is 23.2 Å². The SMILES string of the molecule is O=C(Nc1ccc(SC(C(=O)Nc2c(F)c(F)c(C(F)(F)F)c(F)c2F)c2ccccc2)cc1)c1ccc(Cl)cc1Cl. The summed E-state index contributed by atoms with van der Waals surface area (Å²) in [6.07, 6.45) is -5.73. The first-order valence-corrected chi connectivity index (χ1v) is 13.2. The summed E-state index contributed by atoms with van der Waals surface area (Å²) >= 11 is 12.8. The second kappa shape index (κ2) is 12.6. The third kappa shape index (κ3) is 6.83. The van der Waals surface area contributed by atoms with Crippen LogP contribution in [0, 0.1) is 23.3 Å². The highest BCUT2D eigenvalue weighted by atomic mass is 35.5. The molecule has 0 saturated carbocycles. The van der Waals surface area contributed by atoms with Crippen molar-refractivity contribution in [3.05, 3.63) is 123 Å². The van der Waals surface area contributed by atoms with Crippen LogP contribution < -0.4 is 10.6 Å². The molecule has 1 unspecified atom stereocenters. The van der Waals surface area contributed by atoms with Gasteiger partial charge in [0.2, 0.25) is 5.91 Å². The van der Waals surface area contributed by atoms with Gasteiger partial charge in [0.15, 0.2) is 23.3 Å². The van der Waals surface area contributed by atoms with Crippen molar-refractivity contribution in [3.8, 4) is 0 Å². The summed E-state index contributed by atoms with van der Waals surface area (Å²) < 4.78 is 95.9. The Labute approximate surface area is 247 Å². The molecule has 0 saturated heterocycles. The second-order valence-electron chi connectivity index (χ2n) is 8.50. The van der Waals surface area contributed by atoms with Crippen LogP contribution >= 0.6 is 35.0 Å². The molecule has 0 spiro atoms. The summed E-state index contributed by atoms with van der Waals surface area (Å²) in [5, 5.41) is 3.51. The van der Waals surface area contributed by atoms with E-state index in [0.29, 0.717) is 21.2 Å². The number of thioether (sulfide) groups is 1. The van der Waals surface area contributed by atoms with E-state index in [0.717, 1.165) is 11.8 Å². The van der Waals surface area contributed by atoms with E-state index in [1.165, 1.54) is 54.6 Å². The van der Waals surface area contributed by atoms with Gasteiger partial charge >= 0.3 is 6.18 Å². The van der Waals surface area contributed by atoms with Gasteiger partial charge in [0, 0.05) is 15.6 Å². The summed E-state index contributed by atoms with van der Waals surface area (Å²) in [5.74, 6) is -11.9. The Hall–Kier alpha value is -3.74. The first-order chi connectivity index (χ1) is 19.8. The van der Waals surface area contributed by atoms with Gasteiger partial charge in [-0.3, -0.25) is 9.59 Å². The maximum absolute atomic E-state index is 14.4. The maximum atomic E-state index is 14.4. The average molecular weight is 647 g/mol. The van der Waals surface area contributed by atoms with E-state index in [1.807, 2.05) is 0 Å². The Bertz CT molecular complexity index is 1620. The molecular formula is C28H15Cl2F7N2O2S. The highest BCUT2D eigenvalue weighted by Gasteiger charge is 2.42. The standard InChI is InChI=1S/C28H15Cl2F7N2O2S/c29-14-6-11-17(18(30)12-14)26(40)38-15-7-9-16(10-8-15)42-25(13-4-2-1-3-5-13)27(41)39-24-22(33)20(31)19(28(35,36)37)21(32)23(24)34/h1-12,25H,(H,38,40)(H,39,41). The van der Waals surface area contributed by atoms with Gasteiger partial charge in [-0.05, 0) is 48.0 Å². The minimum atomic E-state index is -5.73. The molecule has 0 aliphatic heterocycles. The predicted molar refractivity (Wildman–Crippen MR) is 146 cm³/mol. The molecule has 4 rings (SSSR count). The third-order valence-electron chi connectivity index (χ3n) is 5.68. The van der Waals surface area contributed by atoms with Gasteiger partial charge in [0.25, 0.3) is 5.91 Å². The monoisotopic (exact) mass is 646 g/mol. The fourth-order valence-corrected chi connectivity index (χ4v) is 5.22. The van der Waals surface area contributed by atoms with Crippen molar-refractivity contribution in [3.63, 3.8) is 0 Å². The molecule has 42 heavy (non-hydrogen) atoms. The van der Waals surface area contributed by atoms with Gasteiger partial charge in [-0.15, -0.1) is 11.8 Å². The summed E-state index contributed by atoms with van der Waals surface area (Å²) in [6, 6.07) is 18.0. The largest absolute Gasteiger partial charge is 0.422 e. The van der Waals surface area contributed by atoms with Gasteiger partial charge in [-0.2, -0.15) is 13.2 Å². The number of hydrogen-bond donors (Lipinski definition) is 2. The molecule has 2 amide bonds. The van der Waals surface area contributed by atoms with Crippen molar-refractivity contribution in [2.24, 2.45) is 0 Å². The molecule has 0 aliphatic carbocycles. The fraction of sp³-hybridized carbons (Fsp3) is 0.0714. The molecule has 14 heteroatoms. The Kier molecular flexibility index (Phi) is 9.39. The number of carbonyl (C=O) groups excluding carboxylic acids is 2. The second-order valence-corrected chi connectivity index (χ2v) is 10.5. The summed E-state index contributed by atoms with van der Waals surface area (Å²) in [4.78, 5) is 26.1. The lowest BCUT2D eigenvalue weighted by Crippen LogP contribution is -2.23. The fourth-order valence-electron chi connectivity index (χ4n) is 3.70. The molecule has 4 nitrogen and oxygen atoms in total. The Morgan fingerprint density at radius 2 is 1.36 bits per heavy atom. The topological polar surface area (TPSA) is 58.2 Å². The number of benzene rings is 4. The average Bonchev–Trinajstić information content (AvgIpc) is 2.93. The molecule has 2 N–H and O–H groups in total. The van der Waals surface area contributed by atoms with Crippen LogP contribution in [0.3, 0.4) is 0 Å². The number of hydrogen-bond acceptors (Lipinski definition) is 3. The van der Waals surface area contributed by atoms with Crippen molar-refractivity contribution in [2.75, 3.05) is 10.6 Å². The van der Waals surface area contributed by atoms with Crippen LogP contribution in [0.4, 0.5) is 42.1 Å². The van der Waals surface area contributed by atoms with Crippen molar-refractivity contribution in [1.82, 2.24) is 0 Å². The Balaban J connectivity index is 1.58. The molecule has 4 aromatic carbocycles. The lowest BCUT2D eigenvalue weighted by Gasteiger charge is -2.19. The van der Waals surface area contributed by atoms with Gasteiger partial charge in [-0.1, -0.05) is 53.5 Å². The van der Waals surface area contributed by atoms with Crippen molar-refractivity contribution >= 4 is 58.2 Å². The van der Waals surface area contributed by atoms with Crippen LogP contribution in [-0.4, -0.2) is 11.8 Å². The Morgan fingerprint density at radius 3 is 1.90 bits per heavy atom. The first-order valence-electron chi connectivity index (χ1n) is 11.6. The summed E-state index contributed by atoms with van der Waals surface area (Å²) in [7, 11) is 0. The number of alkyl halides is 3. The molecule has 0 aliphatic rings. The van der Waals surface area contributed by atoms with E-state index in [-0.39, 0.29) is 10.6 Å².